The number of rotatable bonds is 6. The zero-order valence-corrected chi connectivity index (χ0v) is 18.0. The summed E-state index contributed by atoms with van der Waals surface area (Å²) in [6.07, 6.45) is 7.26. The Hall–Kier alpha value is -3.34. The van der Waals surface area contributed by atoms with Gasteiger partial charge in [-0.2, -0.15) is 4.98 Å². The van der Waals surface area contributed by atoms with Crippen LogP contribution in [-0.4, -0.2) is 20.8 Å². The van der Waals surface area contributed by atoms with Gasteiger partial charge in [-0.25, -0.2) is 0 Å². The predicted molar refractivity (Wildman–Crippen MR) is 121 cm³/mol. The smallest absolute Gasteiger partial charge is 0.259 e. The molecule has 31 heavy (non-hydrogen) atoms. The molecule has 0 atom stereocenters. The van der Waals surface area contributed by atoms with Crippen molar-refractivity contribution in [2.45, 2.75) is 52.2 Å². The van der Waals surface area contributed by atoms with E-state index < -0.39 is 0 Å². The van der Waals surface area contributed by atoms with Gasteiger partial charge < -0.3 is 13.8 Å². The first-order valence-electron chi connectivity index (χ1n) is 11.0. The van der Waals surface area contributed by atoms with Gasteiger partial charge in [-0.1, -0.05) is 35.0 Å². The zero-order valence-electron chi connectivity index (χ0n) is 18.0. The third-order valence-electron chi connectivity index (χ3n) is 5.98. The van der Waals surface area contributed by atoms with Crippen LogP contribution in [0.2, 0.25) is 0 Å². The van der Waals surface area contributed by atoms with Crippen LogP contribution in [0.4, 0.5) is 0 Å². The van der Waals surface area contributed by atoms with Crippen molar-refractivity contribution in [1.82, 2.24) is 14.7 Å². The fraction of sp³-hybridized carbons (Fsp3) is 0.308. The Bertz CT molecular complexity index is 1150. The predicted octanol–water partition coefficient (Wildman–Crippen LogP) is 6.19. The summed E-state index contributed by atoms with van der Waals surface area (Å²) in [5.74, 6) is 2.03. The van der Waals surface area contributed by atoms with Gasteiger partial charge in [-0.3, -0.25) is 0 Å². The Morgan fingerprint density at radius 3 is 2.45 bits per heavy atom. The number of hydrogen-bond acceptors (Lipinski definition) is 4. The molecule has 2 aromatic heterocycles. The highest BCUT2D eigenvalue weighted by Crippen LogP contribution is 2.28. The summed E-state index contributed by atoms with van der Waals surface area (Å²) in [7, 11) is 0. The van der Waals surface area contributed by atoms with Crippen LogP contribution < -0.4 is 4.74 Å². The quantitative estimate of drug-likeness (QED) is 0.378. The maximum atomic E-state index is 6.04. The summed E-state index contributed by atoms with van der Waals surface area (Å²) in [4.78, 5) is 4.62. The first kappa shape index (κ1) is 19.6. The molecule has 0 bridgehead atoms. The molecule has 0 N–H and O–H groups in total. The molecule has 0 aliphatic heterocycles. The molecular formula is C26H27N3O2. The van der Waals surface area contributed by atoms with Gasteiger partial charge in [0.15, 0.2) is 0 Å². The number of hydrogen-bond donors (Lipinski definition) is 0. The normalized spacial score (nSPS) is 14.3. The van der Waals surface area contributed by atoms with Gasteiger partial charge in [0.25, 0.3) is 5.89 Å². The highest BCUT2D eigenvalue weighted by Gasteiger charge is 2.17. The van der Waals surface area contributed by atoms with Crippen molar-refractivity contribution in [2.75, 3.05) is 0 Å². The molecule has 158 valence electrons. The van der Waals surface area contributed by atoms with E-state index in [-0.39, 0.29) is 0 Å². The van der Waals surface area contributed by atoms with Crippen molar-refractivity contribution in [1.29, 1.82) is 0 Å². The maximum Gasteiger partial charge on any atom is 0.259 e. The lowest BCUT2D eigenvalue weighted by atomic mass is 10.1. The average Bonchev–Trinajstić information content (AvgIpc) is 3.53. The molecular weight excluding hydrogens is 386 g/mol. The van der Waals surface area contributed by atoms with Crippen molar-refractivity contribution in [3.05, 3.63) is 77.6 Å². The first-order chi connectivity index (χ1) is 15.1. The molecule has 1 saturated carbocycles. The fourth-order valence-corrected chi connectivity index (χ4v) is 4.13. The molecule has 4 aromatic rings. The summed E-state index contributed by atoms with van der Waals surface area (Å²) < 4.78 is 13.8. The zero-order chi connectivity index (χ0) is 21.2. The maximum absolute atomic E-state index is 6.04. The molecule has 0 spiro atoms. The van der Waals surface area contributed by atoms with Crippen molar-refractivity contribution in [3.8, 4) is 28.6 Å². The third-order valence-corrected chi connectivity index (χ3v) is 5.98. The Labute approximate surface area is 182 Å². The highest BCUT2D eigenvalue weighted by atomic mass is 16.5. The lowest BCUT2D eigenvalue weighted by Gasteiger charge is -2.12. The number of benzene rings is 2. The highest BCUT2D eigenvalue weighted by molar-refractivity contribution is 5.60. The van der Waals surface area contributed by atoms with E-state index >= 15 is 0 Å². The summed E-state index contributed by atoms with van der Waals surface area (Å²) in [5.41, 5.74) is 5.55. The number of aryl methyl sites for hydroxylation is 2. The lowest BCUT2D eigenvalue weighted by molar-refractivity contribution is 0.210. The standard InChI is InChI=1S/C26H27N3O2/c1-18-7-9-20(10-8-18)16-29-17-22(15-19(29)2)26-27-25(28-31-26)21-11-13-24(14-12-21)30-23-5-3-4-6-23/h7-15,17,23H,3-6,16H2,1-2H3. The molecule has 0 saturated heterocycles. The minimum Gasteiger partial charge on any atom is -0.490 e. The molecule has 1 aliphatic rings. The van der Waals surface area contributed by atoms with Gasteiger partial charge in [0.1, 0.15) is 5.75 Å². The minimum absolute atomic E-state index is 0.356. The van der Waals surface area contributed by atoms with Crippen molar-refractivity contribution >= 4 is 0 Å². The van der Waals surface area contributed by atoms with Gasteiger partial charge in [0.05, 0.1) is 11.7 Å². The second-order valence-corrected chi connectivity index (χ2v) is 8.46. The summed E-state index contributed by atoms with van der Waals surface area (Å²) >= 11 is 0. The van der Waals surface area contributed by atoms with E-state index in [0.29, 0.717) is 17.8 Å². The van der Waals surface area contributed by atoms with Crippen LogP contribution in [0, 0.1) is 13.8 Å². The van der Waals surface area contributed by atoms with Crippen LogP contribution in [0.15, 0.2) is 65.3 Å². The fourth-order valence-electron chi connectivity index (χ4n) is 4.13. The molecule has 1 aliphatic carbocycles. The third kappa shape index (κ3) is 4.41. The Balaban J connectivity index is 1.30. The van der Waals surface area contributed by atoms with E-state index in [4.69, 9.17) is 9.26 Å². The topological polar surface area (TPSA) is 53.1 Å². The van der Waals surface area contributed by atoms with Gasteiger partial charge in [0, 0.05) is 24.0 Å². The molecule has 0 amide bonds. The lowest BCUT2D eigenvalue weighted by Crippen LogP contribution is -2.10. The second kappa shape index (κ2) is 8.42. The van der Waals surface area contributed by atoms with E-state index in [9.17, 15) is 0 Å². The van der Waals surface area contributed by atoms with Crippen LogP contribution >= 0.6 is 0 Å². The van der Waals surface area contributed by atoms with E-state index in [1.165, 1.54) is 24.0 Å². The molecule has 0 unspecified atom stereocenters. The largest absolute Gasteiger partial charge is 0.490 e. The number of aromatic nitrogens is 3. The van der Waals surface area contributed by atoms with Gasteiger partial charge in [-0.05, 0) is 75.4 Å². The number of ether oxygens (including phenoxy) is 1. The summed E-state index contributed by atoms with van der Waals surface area (Å²) in [5, 5.41) is 4.19. The molecule has 5 nitrogen and oxygen atoms in total. The molecule has 2 heterocycles. The molecule has 0 radical (unpaired) electrons. The summed E-state index contributed by atoms with van der Waals surface area (Å²) in [6, 6.07) is 18.7. The Morgan fingerprint density at radius 2 is 1.71 bits per heavy atom. The Kier molecular flexibility index (Phi) is 5.33. The average molecular weight is 414 g/mol. The van der Waals surface area contributed by atoms with Gasteiger partial charge >= 0.3 is 0 Å². The molecule has 2 aromatic carbocycles. The monoisotopic (exact) mass is 413 g/mol. The molecule has 1 fully saturated rings. The van der Waals surface area contributed by atoms with Gasteiger partial charge in [-0.15, -0.1) is 0 Å². The van der Waals surface area contributed by atoms with Crippen molar-refractivity contribution in [3.63, 3.8) is 0 Å². The van der Waals surface area contributed by atoms with E-state index in [1.807, 2.05) is 24.3 Å². The van der Waals surface area contributed by atoms with Crippen molar-refractivity contribution < 1.29 is 9.26 Å². The van der Waals surface area contributed by atoms with Crippen LogP contribution in [0.25, 0.3) is 22.8 Å². The van der Waals surface area contributed by atoms with E-state index in [2.05, 4.69) is 65.1 Å². The van der Waals surface area contributed by atoms with Crippen LogP contribution in [0.1, 0.15) is 42.5 Å². The first-order valence-corrected chi connectivity index (χ1v) is 11.0. The second-order valence-electron chi connectivity index (χ2n) is 8.46. The minimum atomic E-state index is 0.356. The van der Waals surface area contributed by atoms with E-state index in [1.54, 1.807) is 0 Å². The SMILES string of the molecule is Cc1ccc(Cn2cc(-c3nc(-c4ccc(OC5CCCC5)cc4)no3)cc2C)cc1. The molecule has 5 rings (SSSR count). The van der Waals surface area contributed by atoms with Crippen LogP contribution in [-0.2, 0) is 6.54 Å². The molecule has 5 heteroatoms. The van der Waals surface area contributed by atoms with Crippen molar-refractivity contribution in [2.24, 2.45) is 0 Å². The van der Waals surface area contributed by atoms with Crippen LogP contribution in [0.5, 0.6) is 5.75 Å². The van der Waals surface area contributed by atoms with Crippen LogP contribution in [0.3, 0.4) is 0 Å². The van der Waals surface area contributed by atoms with E-state index in [0.717, 1.165) is 42.0 Å². The van der Waals surface area contributed by atoms with Gasteiger partial charge in [0.2, 0.25) is 5.82 Å². The number of nitrogens with zero attached hydrogens (tertiary/aromatic N) is 3. The summed E-state index contributed by atoms with van der Waals surface area (Å²) in [6.45, 7) is 5.01. The Morgan fingerprint density at radius 1 is 0.968 bits per heavy atom.